The van der Waals surface area contributed by atoms with Gasteiger partial charge in [0.1, 0.15) is 19.5 Å². The molecule has 1 heterocycles. The molecule has 0 saturated heterocycles. The molecular formula is C12H19NO5. The lowest BCUT2D eigenvalue weighted by atomic mass is 10.0. The maximum atomic E-state index is 11.5. The maximum absolute atomic E-state index is 11.5. The van der Waals surface area contributed by atoms with Crippen LogP contribution in [0.5, 0.6) is 0 Å². The van der Waals surface area contributed by atoms with Crippen molar-refractivity contribution in [1.82, 2.24) is 5.32 Å². The quantitative estimate of drug-likeness (QED) is 0.735. The van der Waals surface area contributed by atoms with E-state index < -0.39 is 5.97 Å². The van der Waals surface area contributed by atoms with Gasteiger partial charge in [0, 0.05) is 5.54 Å². The van der Waals surface area contributed by atoms with Crippen LogP contribution in [0.25, 0.3) is 0 Å². The summed E-state index contributed by atoms with van der Waals surface area (Å²) in [5.74, 6) is -1.05. The molecule has 0 aromatic rings. The summed E-state index contributed by atoms with van der Waals surface area (Å²) in [6.45, 7) is 6.13. The van der Waals surface area contributed by atoms with Gasteiger partial charge in [-0.2, -0.15) is 0 Å². The van der Waals surface area contributed by atoms with Crippen molar-refractivity contribution in [3.63, 3.8) is 0 Å². The van der Waals surface area contributed by atoms with Gasteiger partial charge >= 0.3 is 5.97 Å². The number of carbonyl (C=O) groups is 2. The Labute approximate surface area is 106 Å². The lowest BCUT2D eigenvalue weighted by Gasteiger charge is -2.24. The van der Waals surface area contributed by atoms with Crippen molar-refractivity contribution in [2.45, 2.75) is 32.7 Å². The molecule has 1 amide bonds. The molecule has 0 aromatic carbocycles. The standard InChI is InChI=1S/C12H19NO5/c1-4-12(2,3)13-10(14)8-18-11(15)9-7-16-5-6-17-9/h7H,4-6,8H2,1-3H3,(H,13,14). The molecular weight excluding hydrogens is 238 g/mol. The highest BCUT2D eigenvalue weighted by Crippen LogP contribution is 2.08. The van der Waals surface area contributed by atoms with Gasteiger partial charge in [-0.3, -0.25) is 4.79 Å². The predicted octanol–water partition coefficient (Wildman–Crippen LogP) is 0.723. The van der Waals surface area contributed by atoms with Crippen LogP contribution in [0.2, 0.25) is 0 Å². The molecule has 1 aliphatic heterocycles. The number of amides is 1. The van der Waals surface area contributed by atoms with E-state index in [1.54, 1.807) is 0 Å². The van der Waals surface area contributed by atoms with Crippen molar-refractivity contribution < 1.29 is 23.8 Å². The second kappa shape index (κ2) is 6.28. The summed E-state index contributed by atoms with van der Waals surface area (Å²) in [5, 5.41) is 2.76. The van der Waals surface area contributed by atoms with Crippen molar-refractivity contribution in [2.24, 2.45) is 0 Å². The summed E-state index contributed by atoms with van der Waals surface area (Å²) in [6, 6.07) is 0. The average Bonchev–Trinajstić information content (AvgIpc) is 2.36. The van der Waals surface area contributed by atoms with Crippen LogP contribution in [0.15, 0.2) is 12.0 Å². The van der Waals surface area contributed by atoms with Gasteiger partial charge in [-0.15, -0.1) is 0 Å². The van der Waals surface area contributed by atoms with Crippen LogP contribution in [0, 0.1) is 0 Å². The Balaban J connectivity index is 2.34. The summed E-state index contributed by atoms with van der Waals surface area (Å²) in [7, 11) is 0. The zero-order chi connectivity index (χ0) is 13.6. The molecule has 0 fully saturated rings. The van der Waals surface area contributed by atoms with Gasteiger partial charge in [0.05, 0.1) is 0 Å². The molecule has 0 aromatic heterocycles. The van der Waals surface area contributed by atoms with E-state index in [4.69, 9.17) is 14.2 Å². The fourth-order valence-corrected chi connectivity index (χ4v) is 1.18. The smallest absolute Gasteiger partial charge is 0.377 e. The average molecular weight is 257 g/mol. The minimum absolute atomic E-state index is 0.0104. The maximum Gasteiger partial charge on any atom is 0.377 e. The summed E-state index contributed by atoms with van der Waals surface area (Å²) >= 11 is 0. The lowest BCUT2D eigenvalue weighted by Crippen LogP contribution is -2.44. The molecule has 1 aliphatic rings. The second-order valence-corrected chi connectivity index (χ2v) is 4.56. The Kier molecular flexibility index (Phi) is 5.00. The number of rotatable bonds is 5. The highest BCUT2D eigenvalue weighted by Gasteiger charge is 2.21. The number of carbonyl (C=O) groups excluding carboxylic acids is 2. The van der Waals surface area contributed by atoms with Gasteiger partial charge in [-0.05, 0) is 20.3 Å². The zero-order valence-corrected chi connectivity index (χ0v) is 10.9. The van der Waals surface area contributed by atoms with Crippen LogP contribution >= 0.6 is 0 Å². The number of hydrogen-bond donors (Lipinski definition) is 1. The zero-order valence-electron chi connectivity index (χ0n) is 10.9. The van der Waals surface area contributed by atoms with E-state index >= 15 is 0 Å². The monoisotopic (exact) mass is 257 g/mol. The molecule has 18 heavy (non-hydrogen) atoms. The van der Waals surface area contributed by atoms with Crippen LogP contribution in [0.1, 0.15) is 27.2 Å². The van der Waals surface area contributed by atoms with Crippen molar-refractivity contribution in [1.29, 1.82) is 0 Å². The van der Waals surface area contributed by atoms with Gasteiger partial charge in [0.25, 0.3) is 5.91 Å². The van der Waals surface area contributed by atoms with E-state index in [2.05, 4.69) is 5.32 Å². The van der Waals surface area contributed by atoms with E-state index in [0.29, 0.717) is 13.2 Å². The minimum atomic E-state index is -0.695. The van der Waals surface area contributed by atoms with E-state index in [-0.39, 0.29) is 23.8 Å². The lowest BCUT2D eigenvalue weighted by molar-refractivity contribution is -0.149. The van der Waals surface area contributed by atoms with Crippen LogP contribution < -0.4 is 5.32 Å². The number of hydrogen-bond acceptors (Lipinski definition) is 5. The van der Waals surface area contributed by atoms with Crippen LogP contribution in [0.4, 0.5) is 0 Å². The summed E-state index contributed by atoms with van der Waals surface area (Å²) in [6.07, 6.45) is 1.98. The predicted molar refractivity (Wildman–Crippen MR) is 63.5 cm³/mol. The Morgan fingerprint density at radius 3 is 2.72 bits per heavy atom. The first kappa shape index (κ1) is 14.3. The third kappa shape index (κ3) is 4.65. The molecule has 1 N–H and O–H groups in total. The van der Waals surface area contributed by atoms with Crippen LogP contribution in [-0.2, 0) is 23.8 Å². The van der Waals surface area contributed by atoms with E-state index in [1.165, 1.54) is 6.26 Å². The van der Waals surface area contributed by atoms with Gasteiger partial charge in [0.15, 0.2) is 6.61 Å². The molecule has 0 aliphatic carbocycles. The summed E-state index contributed by atoms with van der Waals surface area (Å²) < 4.78 is 14.8. The first-order chi connectivity index (χ1) is 8.44. The Bertz CT molecular complexity index is 348. The topological polar surface area (TPSA) is 73.9 Å². The molecule has 6 nitrogen and oxygen atoms in total. The second-order valence-electron chi connectivity index (χ2n) is 4.56. The summed E-state index contributed by atoms with van der Waals surface area (Å²) in [4.78, 5) is 23.0. The van der Waals surface area contributed by atoms with Crippen molar-refractivity contribution >= 4 is 11.9 Å². The van der Waals surface area contributed by atoms with Crippen LogP contribution in [0.3, 0.4) is 0 Å². The SMILES string of the molecule is CCC(C)(C)NC(=O)COC(=O)C1=COCCO1. The minimum Gasteiger partial charge on any atom is -0.493 e. The molecule has 0 radical (unpaired) electrons. The largest absolute Gasteiger partial charge is 0.493 e. The normalized spacial score (nSPS) is 14.9. The Morgan fingerprint density at radius 1 is 1.44 bits per heavy atom. The first-order valence-electron chi connectivity index (χ1n) is 5.87. The first-order valence-corrected chi connectivity index (χ1v) is 5.87. The molecule has 0 spiro atoms. The van der Waals surface area contributed by atoms with Crippen LogP contribution in [-0.4, -0.2) is 37.2 Å². The van der Waals surface area contributed by atoms with Gasteiger partial charge in [-0.1, -0.05) is 6.92 Å². The van der Waals surface area contributed by atoms with Gasteiger partial charge < -0.3 is 19.5 Å². The number of nitrogens with one attached hydrogen (secondary N) is 1. The molecule has 0 saturated carbocycles. The summed E-state index contributed by atoms with van der Waals surface area (Å²) in [5.41, 5.74) is -0.312. The third-order valence-corrected chi connectivity index (χ3v) is 2.55. The van der Waals surface area contributed by atoms with Crippen molar-refractivity contribution in [3.8, 4) is 0 Å². The van der Waals surface area contributed by atoms with E-state index in [0.717, 1.165) is 6.42 Å². The molecule has 6 heteroatoms. The van der Waals surface area contributed by atoms with E-state index in [1.807, 2.05) is 20.8 Å². The Morgan fingerprint density at radius 2 is 2.17 bits per heavy atom. The molecule has 1 rings (SSSR count). The number of ether oxygens (including phenoxy) is 3. The van der Waals surface area contributed by atoms with Gasteiger partial charge in [-0.25, -0.2) is 4.79 Å². The van der Waals surface area contributed by atoms with Gasteiger partial charge in [0.2, 0.25) is 5.76 Å². The fourth-order valence-electron chi connectivity index (χ4n) is 1.18. The van der Waals surface area contributed by atoms with E-state index in [9.17, 15) is 9.59 Å². The molecule has 0 bridgehead atoms. The highest BCUT2D eigenvalue weighted by molar-refractivity contribution is 5.88. The fraction of sp³-hybridized carbons (Fsp3) is 0.667. The highest BCUT2D eigenvalue weighted by atomic mass is 16.6. The number of esters is 1. The Hall–Kier alpha value is -1.72. The molecule has 0 atom stereocenters. The third-order valence-electron chi connectivity index (χ3n) is 2.55. The van der Waals surface area contributed by atoms with Crippen molar-refractivity contribution in [2.75, 3.05) is 19.8 Å². The van der Waals surface area contributed by atoms with Crippen molar-refractivity contribution in [3.05, 3.63) is 12.0 Å². The molecule has 102 valence electrons. The molecule has 0 unspecified atom stereocenters.